The summed E-state index contributed by atoms with van der Waals surface area (Å²) in [6.45, 7) is 0. The molecule has 0 aliphatic carbocycles. The standard InChI is InChI=1S/C21H18N2O2S/c1-26-19-12-10-16(11-13-19)21(25)23-18-9-5-8-17(14-18)22-20(24)15-6-3-2-4-7-15/h2-14H,1H3,(H,22,24)(H,23,25). The lowest BCUT2D eigenvalue weighted by atomic mass is 10.2. The highest BCUT2D eigenvalue weighted by Crippen LogP contribution is 2.19. The van der Waals surface area contributed by atoms with Crippen LogP contribution in [0.3, 0.4) is 0 Å². The van der Waals surface area contributed by atoms with E-state index < -0.39 is 0 Å². The maximum atomic E-state index is 12.4. The van der Waals surface area contributed by atoms with Gasteiger partial charge in [0.25, 0.3) is 11.8 Å². The fourth-order valence-electron chi connectivity index (χ4n) is 2.41. The van der Waals surface area contributed by atoms with Crippen LogP contribution >= 0.6 is 11.8 Å². The van der Waals surface area contributed by atoms with Crippen molar-refractivity contribution in [1.82, 2.24) is 0 Å². The SMILES string of the molecule is CSc1ccc(C(=O)Nc2cccc(NC(=O)c3ccccc3)c2)cc1. The van der Waals surface area contributed by atoms with Gasteiger partial charge in [-0.3, -0.25) is 9.59 Å². The number of hydrogen-bond acceptors (Lipinski definition) is 3. The molecule has 0 spiro atoms. The molecule has 0 saturated heterocycles. The highest BCUT2D eigenvalue weighted by atomic mass is 32.2. The van der Waals surface area contributed by atoms with Gasteiger partial charge in [-0.25, -0.2) is 0 Å². The highest BCUT2D eigenvalue weighted by molar-refractivity contribution is 7.98. The zero-order valence-electron chi connectivity index (χ0n) is 14.2. The third kappa shape index (κ3) is 4.52. The molecule has 130 valence electrons. The van der Waals surface area contributed by atoms with E-state index in [-0.39, 0.29) is 11.8 Å². The molecule has 0 atom stereocenters. The minimum Gasteiger partial charge on any atom is -0.322 e. The summed E-state index contributed by atoms with van der Waals surface area (Å²) < 4.78 is 0. The van der Waals surface area contributed by atoms with E-state index in [4.69, 9.17) is 0 Å². The van der Waals surface area contributed by atoms with Crippen molar-refractivity contribution in [3.8, 4) is 0 Å². The van der Waals surface area contributed by atoms with Crippen molar-refractivity contribution in [2.45, 2.75) is 4.90 Å². The van der Waals surface area contributed by atoms with E-state index in [1.54, 1.807) is 60.3 Å². The van der Waals surface area contributed by atoms with Gasteiger partial charge in [0.2, 0.25) is 0 Å². The number of carbonyl (C=O) groups excluding carboxylic acids is 2. The molecule has 0 radical (unpaired) electrons. The van der Waals surface area contributed by atoms with Crippen LogP contribution in [0.1, 0.15) is 20.7 Å². The molecule has 2 amide bonds. The predicted molar refractivity (Wildman–Crippen MR) is 107 cm³/mol. The summed E-state index contributed by atoms with van der Waals surface area (Å²) in [5, 5.41) is 5.69. The molecule has 3 aromatic carbocycles. The van der Waals surface area contributed by atoms with Crippen LogP contribution < -0.4 is 10.6 Å². The second kappa shape index (κ2) is 8.36. The first-order valence-electron chi connectivity index (χ1n) is 8.07. The second-order valence-electron chi connectivity index (χ2n) is 5.58. The first-order valence-corrected chi connectivity index (χ1v) is 9.30. The molecule has 4 nitrogen and oxygen atoms in total. The first kappa shape index (κ1) is 17.8. The monoisotopic (exact) mass is 362 g/mol. The largest absolute Gasteiger partial charge is 0.322 e. The van der Waals surface area contributed by atoms with Gasteiger partial charge in [0, 0.05) is 27.4 Å². The van der Waals surface area contributed by atoms with Crippen molar-refractivity contribution in [3.05, 3.63) is 90.0 Å². The van der Waals surface area contributed by atoms with Crippen molar-refractivity contribution in [1.29, 1.82) is 0 Å². The lowest BCUT2D eigenvalue weighted by molar-refractivity contribution is 0.101. The number of thioether (sulfide) groups is 1. The molecule has 0 aliphatic rings. The second-order valence-corrected chi connectivity index (χ2v) is 6.46. The summed E-state index contributed by atoms with van der Waals surface area (Å²) in [6.07, 6.45) is 1.99. The summed E-state index contributed by atoms with van der Waals surface area (Å²) >= 11 is 1.63. The van der Waals surface area contributed by atoms with Crippen LogP contribution in [0.4, 0.5) is 11.4 Å². The summed E-state index contributed by atoms with van der Waals surface area (Å²) in [4.78, 5) is 25.7. The molecule has 26 heavy (non-hydrogen) atoms. The fourth-order valence-corrected chi connectivity index (χ4v) is 2.82. The Morgan fingerprint density at radius 3 is 1.77 bits per heavy atom. The predicted octanol–water partition coefficient (Wildman–Crippen LogP) is 4.91. The summed E-state index contributed by atoms with van der Waals surface area (Å²) in [5.41, 5.74) is 2.40. The number of nitrogens with one attached hydrogen (secondary N) is 2. The van der Waals surface area contributed by atoms with Gasteiger partial charge in [-0.15, -0.1) is 11.8 Å². The van der Waals surface area contributed by atoms with Crippen molar-refractivity contribution < 1.29 is 9.59 Å². The molecular formula is C21H18N2O2S. The highest BCUT2D eigenvalue weighted by Gasteiger charge is 2.08. The fraction of sp³-hybridized carbons (Fsp3) is 0.0476. The number of amides is 2. The van der Waals surface area contributed by atoms with E-state index in [0.717, 1.165) is 4.90 Å². The Kier molecular flexibility index (Phi) is 5.71. The van der Waals surface area contributed by atoms with Gasteiger partial charge in [0.05, 0.1) is 0 Å². The Morgan fingerprint density at radius 1 is 0.692 bits per heavy atom. The van der Waals surface area contributed by atoms with Crippen LogP contribution in [0.15, 0.2) is 83.8 Å². The average Bonchev–Trinajstić information content (AvgIpc) is 2.69. The quantitative estimate of drug-likeness (QED) is 0.634. The van der Waals surface area contributed by atoms with Crippen molar-refractivity contribution in [2.24, 2.45) is 0 Å². The Bertz CT molecular complexity index is 909. The van der Waals surface area contributed by atoms with E-state index in [9.17, 15) is 9.59 Å². The maximum absolute atomic E-state index is 12.4. The molecule has 3 rings (SSSR count). The molecule has 0 heterocycles. The zero-order valence-corrected chi connectivity index (χ0v) is 15.0. The molecule has 0 unspecified atom stereocenters. The molecule has 3 aromatic rings. The number of carbonyl (C=O) groups is 2. The van der Waals surface area contributed by atoms with E-state index >= 15 is 0 Å². The minimum absolute atomic E-state index is 0.191. The van der Waals surface area contributed by atoms with Crippen LogP contribution in [-0.2, 0) is 0 Å². The lowest BCUT2D eigenvalue weighted by Gasteiger charge is -2.09. The van der Waals surface area contributed by atoms with Gasteiger partial charge in [-0.1, -0.05) is 24.3 Å². The molecule has 0 fully saturated rings. The number of anilines is 2. The number of benzene rings is 3. The van der Waals surface area contributed by atoms with Gasteiger partial charge < -0.3 is 10.6 Å². The molecule has 5 heteroatoms. The molecular weight excluding hydrogens is 344 g/mol. The van der Waals surface area contributed by atoms with Crippen LogP contribution in [0.25, 0.3) is 0 Å². The lowest BCUT2D eigenvalue weighted by Crippen LogP contribution is -2.13. The smallest absolute Gasteiger partial charge is 0.255 e. The topological polar surface area (TPSA) is 58.2 Å². The van der Waals surface area contributed by atoms with Crippen LogP contribution in [0, 0.1) is 0 Å². The van der Waals surface area contributed by atoms with E-state index in [1.807, 2.05) is 36.6 Å². The van der Waals surface area contributed by atoms with Crippen molar-refractivity contribution in [2.75, 3.05) is 16.9 Å². The maximum Gasteiger partial charge on any atom is 0.255 e. The van der Waals surface area contributed by atoms with Crippen molar-refractivity contribution >= 4 is 35.0 Å². The van der Waals surface area contributed by atoms with Crippen molar-refractivity contribution in [3.63, 3.8) is 0 Å². The number of hydrogen-bond donors (Lipinski definition) is 2. The Hall–Kier alpha value is -3.05. The van der Waals surface area contributed by atoms with Gasteiger partial charge in [-0.2, -0.15) is 0 Å². The van der Waals surface area contributed by atoms with Gasteiger partial charge in [0.15, 0.2) is 0 Å². The third-order valence-corrected chi connectivity index (χ3v) is 4.51. The van der Waals surface area contributed by atoms with Crippen LogP contribution in [-0.4, -0.2) is 18.1 Å². The van der Waals surface area contributed by atoms with Gasteiger partial charge in [0.1, 0.15) is 0 Å². The Balaban J connectivity index is 1.68. The van der Waals surface area contributed by atoms with Crippen LogP contribution in [0.2, 0.25) is 0 Å². The zero-order chi connectivity index (χ0) is 18.4. The number of rotatable bonds is 5. The molecule has 2 N–H and O–H groups in total. The Morgan fingerprint density at radius 2 is 1.23 bits per heavy atom. The van der Waals surface area contributed by atoms with Crippen LogP contribution in [0.5, 0.6) is 0 Å². The Labute approximate surface area is 156 Å². The summed E-state index contributed by atoms with van der Waals surface area (Å²) in [7, 11) is 0. The van der Waals surface area contributed by atoms with Gasteiger partial charge >= 0.3 is 0 Å². The molecule has 0 saturated carbocycles. The average molecular weight is 362 g/mol. The molecule has 0 aliphatic heterocycles. The van der Waals surface area contributed by atoms with E-state index in [2.05, 4.69) is 10.6 Å². The first-order chi connectivity index (χ1) is 12.7. The van der Waals surface area contributed by atoms with Gasteiger partial charge in [-0.05, 0) is 60.9 Å². The molecule has 0 bridgehead atoms. The third-order valence-electron chi connectivity index (χ3n) is 3.77. The van der Waals surface area contributed by atoms with E-state index in [1.165, 1.54) is 0 Å². The van der Waals surface area contributed by atoms with E-state index in [0.29, 0.717) is 22.5 Å². The minimum atomic E-state index is -0.193. The molecule has 0 aromatic heterocycles. The summed E-state index contributed by atoms with van der Waals surface area (Å²) in [6, 6.07) is 23.5. The normalized spacial score (nSPS) is 10.2. The summed E-state index contributed by atoms with van der Waals surface area (Å²) in [5.74, 6) is -0.383.